The second kappa shape index (κ2) is 7.59. The Bertz CT molecular complexity index is 744. The fourth-order valence-electron chi connectivity index (χ4n) is 2.25. The highest BCUT2D eigenvalue weighted by Crippen LogP contribution is 2.35. The Kier molecular flexibility index (Phi) is 5.74. The van der Waals surface area contributed by atoms with E-state index in [1.807, 2.05) is 31.2 Å². The number of carboxylic acids is 2. The van der Waals surface area contributed by atoms with Gasteiger partial charge >= 0.3 is 0 Å². The van der Waals surface area contributed by atoms with Crippen molar-refractivity contribution in [1.82, 2.24) is 4.90 Å². The van der Waals surface area contributed by atoms with Crippen LogP contribution in [0.3, 0.4) is 0 Å². The molecule has 0 aliphatic carbocycles. The Morgan fingerprint density at radius 1 is 1.33 bits per heavy atom. The van der Waals surface area contributed by atoms with Gasteiger partial charge in [-0.2, -0.15) is 0 Å². The van der Waals surface area contributed by atoms with Crippen molar-refractivity contribution in [3.63, 3.8) is 0 Å². The minimum absolute atomic E-state index is 0.0624. The van der Waals surface area contributed by atoms with Gasteiger partial charge in [0, 0.05) is 5.97 Å². The van der Waals surface area contributed by atoms with Gasteiger partial charge in [0.05, 0.1) is 16.9 Å². The molecule has 0 N–H and O–H groups in total. The lowest BCUT2D eigenvalue weighted by Gasteiger charge is -2.27. The lowest BCUT2D eigenvalue weighted by Crippen LogP contribution is -2.50. The number of hydrogen-bond donors (Lipinski definition) is 0. The van der Waals surface area contributed by atoms with Gasteiger partial charge in [-0.25, -0.2) is 0 Å². The summed E-state index contributed by atoms with van der Waals surface area (Å²) in [6.45, 7) is 1.89. The number of nitrogens with zero attached hydrogens (tertiary/aromatic N) is 1. The van der Waals surface area contributed by atoms with E-state index in [1.54, 1.807) is 6.08 Å². The van der Waals surface area contributed by atoms with Crippen molar-refractivity contribution < 1.29 is 24.6 Å². The fourth-order valence-corrected chi connectivity index (χ4v) is 3.59. The lowest BCUT2D eigenvalue weighted by molar-refractivity contribution is -0.311. The third kappa shape index (κ3) is 4.01. The Morgan fingerprint density at radius 3 is 2.58 bits per heavy atom. The van der Waals surface area contributed by atoms with Gasteiger partial charge in [-0.05, 0) is 37.0 Å². The molecule has 1 aliphatic rings. The zero-order valence-corrected chi connectivity index (χ0v) is 14.3. The van der Waals surface area contributed by atoms with Crippen LogP contribution in [0.15, 0.2) is 29.2 Å². The summed E-state index contributed by atoms with van der Waals surface area (Å²) < 4.78 is 0.0624. The number of thiocarbonyl (C=S) groups is 1. The van der Waals surface area contributed by atoms with Crippen LogP contribution >= 0.6 is 24.0 Å². The molecule has 24 heavy (non-hydrogen) atoms. The first-order valence-electron chi connectivity index (χ1n) is 7.04. The monoisotopic (exact) mass is 363 g/mol. The molecule has 1 aromatic carbocycles. The topological polar surface area (TPSA) is 101 Å². The summed E-state index contributed by atoms with van der Waals surface area (Å²) in [5.41, 5.74) is 1.77. The third-order valence-electron chi connectivity index (χ3n) is 3.50. The first-order chi connectivity index (χ1) is 11.3. The highest BCUT2D eigenvalue weighted by molar-refractivity contribution is 8.26. The summed E-state index contributed by atoms with van der Waals surface area (Å²) in [6.07, 6.45) is 0.807. The fraction of sp³-hybridized carbons (Fsp3) is 0.250. The largest absolute Gasteiger partial charge is 0.550 e. The summed E-state index contributed by atoms with van der Waals surface area (Å²) in [7, 11) is 0. The predicted octanol–water partition coefficient (Wildman–Crippen LogP) is -0.155. The van der Waals surface area contributed by atoms with Gasteiger partial charge in [-0.3, -0.25) is 9.69 Å². The smallest absolute Gasteiger partial charge is 0.266 e. The normalized spacial score (nSPS) is 17.4. The first-order valence-corrected chi connectivity index (χ1v) is 8.27. The number of rotatable bonds is 6. The Hall–Kier alpha value is -2.19. The summed E-state index contributed by atoms with van der Waals surface area (Å²) in [4.78, 5) is 35.6. The molecule has 2 rings (SSSR count). The Morgan fingerprint density at radius 2 is 2.00 bits per heavy atom. The number of hydrogen-bond acceptors (Lipinski definition) is 7. The van der Waals surface area contributed by atoms with E-state index in [2.05, 4.69) is 0 Å². The molecule has 126 valence electrons. The van der Waals surface area contributed by atoms with Gasteiger partial charge in [0.25, 0.3) is 5.91 Å². The minimum atomic E-state index is -1.55. The Balaban J connectivity index is 2.28. The van der Waals surface area contributed by atoms with Crippen LogP contribution in [0.25, 0.3) is 6.08 Å². The van der Waals surface area contributed by atoms with Crippen LogP contribution in [-0.4, -0.2) is 33.1 Å². The number of carbonyl (C=O) groups is 3. The minimum Gasteiger partial charge on any atom is -0.550 e. The standard InChI is InChI=1S/C16H15NO5S2/c1-9-4-2-3-5-10(9)8-12-14(20)17(16(23)24-12)11(15(21)22)6-7-13(18)19/h2-5,8,11H,6-7H2,1H3,(H,18,19)(H,21,22)/p-2/b12-8-/t11-/m0/s1. The van der Waals surface area contributed by atoms with Crippen LogP contribution in [0.4, 0.5) is 0 Å². The van der Waals surface area contributed by atoms with Gasteiger partial charge in [-0.15, -0.1) is 0 Å². The number of benzene rings is 1. The maximum Gasteiger partial charge on any atom is 0.266 e. The molecule has 1 aromatic rings. The van der Waals surface area contributed by atoms with E-state index in [1.165, 1.54) is 0 Å². The maximum absolute atomic E-state index is 12.5. The zero-order valence-electron chi connectivity index (χ0n) is 12.7. The molecular formula is C16H13NO5S2-2. The van der Waals surface area contributed by atoms with Crippen LogP contribution in [0.2, 0.25) is 0 Å². The number of carbonyl (C=O) groups excluding carboxylic acids is 3. The highest BCUT2D eigenvalue weighted by atomic mass is 32.2. The molecule has 8 heteroatoms. The van der Waals surface area contributed by atoms with Crippen LogP contribution in [0, 0.1) is 6.92 Å². The molecule has 0 unspecified atom stereocenters. The predicted molar refractivity (Wildman–Crippen MR) is 89.2 cm³/mol. The van der Waals surface area contributed by atoms with Crippen molar-refractivity contribution in [3.05, 3.63) is 40.3 Å². The number of aryl methyl sites for hydroxylation is 1. The van der Waals surface area contributed by atoms with E-state index in [4.69, 9.17) is 12.2 Å². The van der Waals surface area contributed by atoms with Crippen molar-refractivity contribution in [2.24, 2.45) is 0 Å². The van der Waals surface area contributed by atoms with Crippen molar-refractivity contribution in [1.29, 1.82) is 0 Å². The van der Waals surface area contributed by atoms with Gasteiger partial charge in [0.2, 0.25) is 0 Å². The molecule has 0 aromatic heterocycles. The van der Waals surface area contributed by atoms with Gasteiger partial charge in [0.1, 0.15) is 4.32 Å². The molecule has 1 atom stereocenters. The molecule has 6 nitrogen and oxygen atoms in total. The van der Waals surface area contributed by atoms with Crippen LogP contribution in [0.5, 0.6) is 0 Å². The maximum atomic E-state index is 12.5. The third-order valence-corrected chi connectivity index (χ3v) is 4.83. The molecule has 0 saturated carbocycles. The highest BCUT2D eigenvalue weighted by Gasteiger charge is 2.37. The molecule has 1 saturated heterocycles. The first kappa shape index (κ1) is 18.2. The summed E-state index contributed by atoms with van der Waals surface area (Å²) in [5, 5.41) is 21.9. The zero-order chi connectivity index (χ0) is 17.9. The van der Waals surface area contributed by atoms with Crippen LogP contribution in [-0.2, 0) is 14.4 Å². The number of amides is 1. The van der Waals surface area contributed by atoms with E-state index >= 15 is 0 Å². The average molecular weight is 363 g/mol. The van der Waals surface area contributed by atoms with E-state index in [-0.39, 0.29) is 15.6 Å². The van der Waals surface area contributed by atoms with Crippen molar-refractivity contribution in [3.8, 4) is 0 Å². The summed E-state index contributed by atoms with van der Waals surface area (Å²) >= 11 is 6.07. The van der Waals surface area contributed by atoms with Crippen molar-refractivity contribution in [2.75, 3.05) is 0 Å². The van der Waals surface area contributed by atoms with Crippen LogP contribution < -0.4 is 10.2 Å². The number of aliphatic carboxylic acids is 2. The molecule has 1 aliphatic heterocycles. The number of carboxylic acid groups (broad SMARTS) is 2. The number of thioether (sulfide) groups is 1. The summed E-state index contributed by atoms with van der Waals surface area (Å²) in [6, 6.07) is 5.97. The van der Waals surface area contributed by atoms with Gasteiger partial charge in [-0.1, -0.05) is 48.2 Å². The van der Waals surface area contributed by atoms with Crippen molar-refractivity contribution in [2.45, 2.75) is 25.8 Å². The van der Waals surface area contributed by atoms with E-state index in [0.29, 0.717) is 0 Å². The van der Waals surface area contributed by atoms with Gasteiger partial charge < -0.3 is 19.8 Å². The SMILES string of the molecule is Cc1ccccc1/C=C1\SC(=S)N([C@@H](CCC(=O)[O-])C(=O)[O-])C1=O. The van der Waals surface area contributed by atoms with Crippen LogP contribution in [0.1, 0.15) is 24.0 Å². The second-order valence-corrected chi connectivity index (χ2v) is 6.83. The van der Waals surface area contributed by atoms with E-state index < -0.39 is 30.3 Å². The average Bonchev–Trinajstić information content (AvgIpc) is 2.77. The quantitative estimate of drug-likeness (QED) is 0.511. The Labute approximate surface area is 148 Å². The lowest BCUT2D eigenvalue weighted by atomic mass is 10.1. The molecule has 1 fully saturated rings. The molecule has 1 amide bonds. The molecule has 0 radical (unpaired) electrons. The van der Waals surface area contributed by atoms with Gasteiger partial charge in [0.15, 0.2) is 0 Å². The van der Waals surface area contributed by atoms with E-state index in [9.17, 15) is 24.6 Å². The van der Waals surface area contributed by atoms with Crippen molar-refractivity contribution >= 4 is 52.2 Å². The molecule has 1 heterocycles. The molecular weight excluding hydrogens is 350 g/mol. The molecule has 0 bridgehead atoms. The molecule has 0 spiro atoms. The van der Waals surface area contributed by atoms with E-state index in [0.717, 1.165) is 27.8 Å². The second-order valence-electron chi connectivity index (χ2n) is 5.15. The summed E-state index contributed by atoms with van der Waals surface area (Å²) in [5.74, 6) is -3.52.